The predicted octanol–water partition coefficient (Wildman–Crippen LogP) is 3.18. The van der Waals surface area contributed by atoms with Crippen LogP contribution in [0, 0.1) is 6.92 Å². The Morgan fingerprint density at radius 2 is 2.11 bits per heavy atom. The number of hydrogen-bond donors (Lipinski definition) is 1. The molecule has 1 aromatic carbocycles. The number of halogens is 1. The van der Waals surface area contributed by atoms with Crippen LogP contribution in [0.5, 0.6) is 0 Å². The maximum Gasteiger partial charge on any atom is 0.303 e. The van der Waals surface area contributed by atoms with Gasteiger partial charge in [0.05, 0.1) is 12.1 Å². The van der Waals surface area contributed by atoms with Gasteiger partial charge in [-0.3, -0.25) is 4.79 Å². The summed E-state index contributed by atoms with van der Waals surface area (Å²) in [5.74, 6) is 0.0536. The van der Waals surface area contributed by atoms with Crippen molar-refractivity contribution in [2.75, 3.05) is 0 Å². The largest absolute Gasteiger partial charge is 0.481 e. The molecule has 0 aliphatic carbocycles. The zero-order valence-electron chi connectivity index (χ0n) is 10.9. The van der Waals surface area contributed by atoms with Crippen molar-refractivity contribution in [3.63, 3.8) is 0 Å². The highest BCUT2D eigenvalue weighted by Gasteiger charge is 2.15. The number of imidazole rings is 1. The highest BCUT2D eigenvalue weighted by atomic mass is 79.9. The number of rotatable bonds is 4. The monoisotopic (exact) mass is 322 g/mol. The average Bonchev–Trinajstić information content (AvgIpc) is 2.65. The number of benzene rings is 1. The van der Waals surface area contributed by atoms with E-state index in [0.29, 0.717) is 6.42 Å². The summed E-state index contributed by atoms with van der Waals surface area (Å²) in [6, 6.07) is 7.87. The van der Waals surface area contributed by atoms with Crippen molar-refractivity contribution in [1.82, 2.24) is 9.55 Å². The minimum atomic E-state index is -0.799. The molecule has 0 aliphatic heterocycles. The fourth-order valence-corrected chi connectivity index (χ4v) is 2.44. The molecule has 0 aliphatic rings. The van der Waals surface area contributed by atoms with Crippen molar-refractivity contribution in [1.29, 1.82) is 0 Å². The second-order valence-corrected chi connectivity index (χ2v) is 5.25. The maximum absolute atomic E-state index is 10.7. The standard InChI is InChI=1S/C14H15BrN2O2/c1-9-12(7-8-13(18)19)16-14(17(9)2)10-5-3-4-6-11(10)15/h3-6H,7-8H2,1-2H3,(H,18,19). The third kappa shape index (κ3) is 2.87. The normalized spacial score (nSPS) is 10.7. The van der Waals surface area contributed by atoms with Crippen molar-refractivity contribution < 1.29 is 9.90 Å². The Morgan fingerprint density at radius 3 is 2.74 bits per heavy atom. The first-order chi connectivity index (χ1) is 9.00. The molecule has 0 atom stereocenters. The Bertz CT molecular complexity index is 620. The summed E-state index contributed by atoms with van der Waals surface area (Å²) in [7, 11) is 1.95. The number of carbonyl (C=O) groups is 1. The van der Waals surface area contributed by atoms with Gasteiger partial charge < -0.3 is 9.67 Å². The van der Waals surface area contributed by atoms with E-state index >= 15 is 0 Å². The van der Waals surface area contributed by atoms with Crippen molar-refractivity contribution in [3.05, 3.63) is 40.1 Å². The van der Waals surface area contributed by atoms with E-state index in [4.69, 9.17) is 5.11 Å². The van der Waals surface area contributed by atoms with Gasteiger partial charge in [-0.1, -0.05) is 34.1 Å². The first-order valence-corrected chi connectivity index (χ1v) is 6.79. The van der Waals surface area contributed by atoms with Gasteiger partial charge in [-0.05, 0) is 13.0 Å². The smallest absolute Gasteiger partial charge is 0.303 e. The molecule has 1 aromatic heterocycles. The fourth-order valence-electron chi connectivity index (χ4n) is 1.98. The first kappa shape index (κ1) is 13.8. The molecule has 4 nitrogen and oxygen atoms in total. The molecule has 1 heterocycles. The summed E-state index contributed by atoms with van der Waals surface area (Å²) in [6.45, 7) is 1.96. The van der Waals surface area contributed by atoms with E-state index in [1.54, 1.807) is 0 Å². The zero-order valence-corrected chi connectivity index (χ0v) is 12.4. The van der Waals surface area contributed by atoms with E-state index in [-0.39, 0.29) is 6.42 Å². The van der Waals surface area contributed by atoms with Gasteiger partial charge in [0, 0.05) is 29.2 Å². The van der Waals surface area contributed by atoms with Crippen LogP contribution in [0.1, 0.15) is 17.8 Å². The van der Waals surface area contributed by atoms with Gasteiger partial charge in [-0.15, -0.1) is 0 Å². The summed E-state index contributed by atoms with van der Waals surface area (Å²) >= 11 is 3.52. The van der Waals surface area contributed by atoms with Crippen LogP contribution in [0.3, 0.4) is 0 Å². The lowest BCUT2D eigenvalue weighted by Crippen LogP contribution is -1.99. The average molecular weight is 323 g/mol. The summed E-state index contributed by atoms with van der Waals surface area (Å²) in [5.41, 5.74) is 2.86. The highest BCUT2D eigenvalue weighted by Crippen LogP contribution is 2.28. The Morgan fingerprint density at radius 1 is 1.42 bits per heavy atom. The zero-order chi connectivity index (χ0) is 14.0. The van der Waals surface area contributed by atoms with Gasteiger partial charge in [0.25, 0.3) is 0 Å². The first-order valence-electron chi connectivity index (χ1n) is 5.99. The number of carboxylic acids is 1. The molecule has 0 radical (unpaired) electrons. The van der Waals surface area contributed by atoms with Gasteiger partial charge >= 0.3 is 5.97 Å². The second-order valence-electron chi connectivity index (χ2n) is 4.40. The van der Waals surface area contributed by atoms with E-state index < -0.39 is 5.97 Å². The minimum Gasteiger partial charge on any atom is -0.481 e. The Hall–Kier alpha value is -1.62. The van der Waals surface area contributed by atoms with Gasteiger partial charge in [0.2, 0.25) is 0 Å². The molecule has 0 spiro atoms. The van der Waals surface area contributed by atoms with Crippen LogP contribution in [0.4, 0.5) is 0 Å². The summed E-state index contributed by atoms with van der Waals surface area (Å²) in [6.07, 6.45) is 0.562. The van der Waals surface area contributed by atoms with Crippen molar-refractivity contribution in [3.8, 4) is 11.4 Å². The number of aliphatic carboxylic acids is 1. The lowest BCUT2D eigenvalue weighted by Gasteiger charge is -2.05. The maximum atomic E-state index is 10.7. The van der Waals surface area contributed by atoms with Crippen LogP contribution in [0.15, 0.2) is 28.7 Å². The fraction of sp³-hybridized carbons (Fsp3) is 0.286. The van der Waals surface area contributed by atoms with Crippen LogP contribution in [0.25, 0.3) is 11.4 Å². The van der Waals surface area contributed by atoms with Crippen molar-refractivity contribution >= 4 is 21.9 Å². The van der Waals surface area contributed by atoms with E-state index in [2.05, 4.69) is 20.9 Å². The van der Waals surface area contributed by atoms with Gasteiger partial charge in [0.1, 0.15) is 5.82 Å². The molecule has 19 heavy (non-hydrogen) atoms. The number of carboxylic acid groups (broad SMARTS) is 1. The topological polar surface area (TPSA) is 55.1 Å². The number of hydrogen-bond acceptors (Lipinski definition) is 2. The summed E-state index contributed by atoms with van der Waals surface area (Å²) in [5, 5.41) is 8.76. The minimum absolute atomic E-state index is 0.104. The number of nitrogens with zero attached hydrogens (tertiary/aromatic N) is 2. The van der Waals surface area contributed by atoms with Crippen LogP contribution < -0.4 is 0 Å². The van der Waals surface area contributed by atoms with Gasteiger partial charge in [-0.25, -0.2) is 4.98 Å². The lowest BCUT2D eigenvalue weighted by molar-refractivity contribution is -0.136. The number of aromatic nitrogens is 2. The SMILES string of the molecule is Cc1c(CCC(=O)O)nc(-c2ccccc2Br)n1C. The third-order valence-electron chi connectivity index (χ3n) is 3.17. The van der Waals surface area contributed by atoms with Crippen molar-refractivity contribution in [2.24, 2.45) is 7.05 Å². The van der Waals surface area contributed by atoms with Crippen LogP contribution in [0.2, 0.25) is 0 Å². The molecule has 0 unspecified atom stereocenters. The summed E-state index contributed by atoms with van der Waals surface area (Å²) < 4.78 is 2.98. The molecule has 0 saturated carbocycles. The van der Waals surface area contributed by atoms with Gasteiger partial charge in [0.15, 0.2) is 0 Å². The van der Waals surface area contributed by atoms with Crippen LogP contribution in [-0.2, 0) is 18.3 Å². The molecule has 0 saturated heterocycles. The number of aryl methyl sites for hydroxylation is 1. The molecular weight excluding hydrogens is 308 g/mol. The van der Waals surface area contributed by atoms with E-state index in [0.717, 1.165) is 27.2 Å². The molecule has 5 heteroatoms. The lowest BCUT2D eigenvalue weighted by atomic mass is 10.2. The molecule has 0 bridgehead atoms. The van der Waals surface area contributed by atoms with E-state index in [9.17, 15) is 4.79 Å². The Balaban J connectivity index is 2.40. The Labute approximate surface area is 120 Å². The second kappa shape index (κ2) is 5.57. The highest BCUT2D eigenvalue weighted by molar-refractivity contribution is 9.10. The molecular formula is C14H15BrN2O2. The molecule has 0 amide bonds. The van der Waals surface area contributed by atoms with Crippen LogP contribution in [-0.4, -0.2) is 20.6 Å². The molecule has 100 valence electrons. The predicted molar refractivity (Wildman–Crippen MR) is 77.0 cm³/mol. The quantitative estimate of drug-likeness (QED) is 0.940. The molecule has 2 rings (SSSR count). The summed E-state index contributed by atoms with van der Waals surface area (Å²) in [4.78, 5) is 15.2. The molecule has 0 fully saturated rings. The molecule has 1 N–H and O–H groups in total. The van der Waals surface area contributed by atoms with E-state index in [1.807, 2.05) is 42.8 Å². The van der Waals surface area contributed by atoms with Crippen LogP contribution >= 0.6 is 15.9 Å². The Kier molecular flexibility index (Phi) is 4.04. The third-order valence-corrected chi connectivity index (χ3v) is 3.86. The van der Waals surface area contributed by atoms with Crippen molar-refractivity contribution in [2.45, 2.75) is 19.8 Å². The molecule has 2 aromatic rings. The van der Waals surface area contributed by atoms with Gasteiger partial charge in [-0.2, -0.15) is 0 Å². The van der Waals surface area contributed by atoms with E-state index in [1.165, 1.54) is 0 Å².